The van der Waals surface area contributed by atoms with Crippen molar-refractivity contribution in [2.24, 2.45) is 0 Å². The van der Waals surface area contributed by atoms with Crippen molar-refractivity contribution in [1.29, 1.82) is 0 Å². The van der Waals surface area contributed by atoms with Gasteiger partial charge in [0, 0.05) is 6.42 Å². The largest absolute Gasteiger partial charge is 0.394 e. The molecule has 60 heavy (non-hydrogen) atoms. The van der Waals surface area contributed by atoms with Gasteiger partial charge in [-0.25, -0.2) is 0 Å². The van der Waals surface area contributed by atoms with Crippen LogP contribution in [0.2, 0.25) is 0 Å². The minimum Gasteiger partial charge on any atom is -0.394 e. The number of ether oxygens (including phenoxy) is 2. The molecule has 0 radical (unpaired) electrons. The van der Waals surface area contributed by atoms with E-state index in [0.717, 1.165) is 83.5 Å². The van der Waals surface area contributed by atoms with Crippen LogP contribution in [-0.4, -0.2) is 87.5 Å². The van der Waals surface area contributed by atoms with E-state index in [9.17, 15) is 30.3 Å². The molecule has 1 aliphatic rings. The van der Waals surface area contributed by atoms with Crippen molar-refractivity contribution < 1.29 is 39.8 Å². The van der Waals surface area contributed by atoms with E-state index in [1.54, 1.807) is 6.08 Å². The molecule has 6 N–H and O–H groups in total. The number of hydrogen-bond acceptors (Lipinski definition) is 8. The zero-order valence-corrected chi connectivity index (χ0v) is 37.9. The van der Waals surface area contributed by atoms with Gasteiger partial charge in [-0.05, 0) is 77.0 Å². The highest BCUT2D eigenvalue weighted by Gasteiger charge is 2.44. The topological polar surface area (TPSA) is 149 Å². The number of rotatable bonds is 39. The van der Waals surface area contributed by atoms with Gasteiger partial charge in [0.1, 0.15) is 24.4 Å². The summed E-state index contributed by atoms with van der Waals surface area (Å²) in [5, 5.41) is 54.2. The van der Waals surface area contributed by atoms with E-state index in [1.807, 2.05) is 6.08 Å². The first-order valence-corrected chi connectivity index (χ1v) is 24.2. The lowest BCUT2D eigenvalue weighted by Gasteiger charge is -2.40. The number of aliphatic hydroxyl groups excluding tert-OH is 5. The summed E-state index contributed by atoms with van der Waals surface area (Å²) in [7, 11) is 0. The lowest BCUT2D eigenvalue weighted by atomic mass is 9.99. The van der Waals surface area contributed by atoms with Crippen molar-refractivity contribution in [1.82, 2.24) is 5.32 Å². The Morgan fingerprint density at radius 1 is 0.583 bits per heavy atom. The van der Waals surface area contributed by atoms with Gasteiger partial charge >= 0.3 is 0 Å². The highest BCUT2D eigenvalue weighted by Crippen LogP contribution is 2.22. The van der Waals surface area contributed by atoms with E-state index < -0.39 is 49.5 Å². The predicted molar refractivity (Wildman–Crippen MR) is 249 cm³/mol. The SMILES string of the molecule is CC/C=C\C/C=C\C/C=C\CCCCCCCCCC(=O)NC(COC1OC(CO)C(O)C(O)C1O)C(O)/C=C/CC/C=C/CC/C=C/CCCCCCCCCCCC. The highest BCUT2D eigenvalue weighted by molar-refractivity contribution is 5.76. The fourth-order valence-corrected chi connectivity index (χ4v) is 7.14. The maximum Gasteiger partial charge on any atom is 0.220 e. The lowest BCUT2D eigenvalue weighted by molar-refractivity contribution is -0.302. The normalized spacial score (nSPS) is 21.2. The summed E-state index contributed by atoms with van der Waals surface area (Å²) in [6, 6.07) is -0.836. The van der Waals surface area contributed by atoms with Crippen molar-refractivity contribution in [3.8, 4) is 0 Å². The standard InChI is InChI=1S/C51H89NO8/c1-3-5-7-9-11-13-15-17-19-21-22-23-25-26-28-30-32-34-36-38-40-45(54)44(43-59-51-50(58)49(57)48(56)46(42-53)60-51)52-47(55)41-39-37-35-33-31-29-27-24-20-18-16-14-12-10-8-6-4-2/h6,8,12,14,18,20,23,25,30,32,38,40,44-46,48-51,53-54,56-58H,3-5,7,9-11,13,15-17,19,21-22,24,26-29,31,33-37,39,41-43H2,1-2H3,(H,52,55)/b8-6-,14-12-,20-18-,25-23+,32-30+,40-38+. The molecule has 1 saturated heterocycles. The summed E-state index contributed by atoms with van der Waals surface area (Å²) < 4.78 is 11.2. The van der Waals surface area contributed by atoms with Crippen LogP contribution in [0.4, 0.5) is 0 Å². The van der Waals surface area contributed by atoms with Crippen molar-refractivity contribution >= 4 is 5.91 Å². The Labute approximate surface area is 366 Å². The van der Waals surface area contributed by atoms with Gasteiger partial charge in [-0.1, -0.05) is 177 Å². The number of carbonyl (C=O) groups is 1. The number of carbonyl (C=O) groups excluding carboxylic acids is 1. The fourth-order valence-electron chi connectivity index (χ4n) is 7.14. The van der Waals surface area contributed by atoms with Crippen LogP contribution in [0.15, 0.2) is 72.9 Å². The monoisotopic (exact) mass is 844 g/mol. The molecule has 9 nitrogen and oxygen atoms in total. The minimum absolute atomic E-state index is 0.204. The molecule has 1 rings (SSSR count). The number of amides is 1. The molecule has 1 amide bonds. The van der Waals surface area contributed by atoms with Gasteiger partial charge in [0.2, 0.25) is 5.91 Å². The first kappa shape index (κ1) is 55.6. The second kappa shape index (κ2) is 40.7. The molecule has 7 atom stereocenters. The minimum atomic E-state index is -1.58. The molecule has 7 unspecified atom stereocenters. The molecule has 346 valence electrons. The molecule has 0 aliphatic carbocycles. The van der Waals surface area contributed by atoms with Gasteiger partial charge in [0.15, 0.2) is 6.29 Å². The quantitative estimate of drug-likeness (QED) is 0.0265. The number of nitrogens with one attached hydrogen (secondary N) is 1. The van der Waals surface area contributed by atoms with Gasteiger partial charge < -0.3 is 40.3 Å². The average Bonchev–Trinajstić information content (AvgIpc) is 3.25. The third-order valence-corrected chi connectivity index (χ3v) is 11.0. The maximum atomic E-state index is 13.0. The lowest BCUT2D eigenvalue weighted by Crippen LogP contribution is -2.60. The number of unbranched alkanes of at least 4 members (excludes halogenated alkanes) is 19. The number of hydrogen-bond donors (Lipinski definition) is 6. The van der Waals surface area contributed by atoms with Crippen LogP contribution in [0.3, 0.4) is 0 Å². The maximum absolute atomic E-state index is 13.0. The Kier molecular flexibility index (Phi) is 37.7. The van der Waals surface area contributed by atoms with E-state index in [2.05, 4.69) is 79.9 Å². The van der Waals surface area contributed by atoms with Crippen LogP contribution in [0, 0.1) is 0 Å². The second-order valence-electron chi connectivity index (χ2n) is 16.5. The van der Waals surface area contributed by atoms with Crippen LogP contribution in [0.25, 0.3) is 0 Å². The summed E-state index contributed by atoms with van der Waals surface area (Å²) in [5.41, 5.74) is 0. The van der Waals surface area contributed by atoms with Gasteiger partial charge in [-0.2, -0.15) is 0 Å². The molecule has 1 heterocycles. The third kappa shape index (κ3) is 30.6. The van der Waals surface area contributed by atoms with E-state index in [0.29, 0.717) is 6.42 Å². The molecular weight excluding hydrogens is 755 g/mol. The molecule has 0 spiro atoms. The van der Waals surface area contributed by atoms with Crippen LogP contribution in [0.5, 0.6) is 0 Å². The average molecular weight is 844 g/mol. The van der Waals surface area contributed by atoms with Crippen LogP contribution < -0.4 is 5.32 Å². The Morgan fingerprint density at radius 2 is 1.05 bits per heavy atom. The summed E-state index contributed by atoms with van der Waals surface area (Å²) in [6.45, 7) is 3.62. The summed E-state index contributed by atoms with van der Waals surface area (Å²) >= 11 is 0. The van der Waals surface area contributed by atoms with Crippen LogP contribution in [0.1, 0.15) is 187 Å². The zero-order valence-electron chi connectivity index (χ0n) is 37.9. The van der Waals surface area contributed by atoms with Gasteiger partial charge in [-0.15, -0.1) is 0 Å². The number of aliphatic hydroxyl groups is 5. The van der Waals surface area contributed by atoms with Crippen molar-refractivity contribution in [3.05, 3.63) is 72.9 Å². The molecular formula is C51H89NO8. The first-order valence-electron chi connectivity index (χ1n) is 24.2. The number of allylic oxidation sites excluding steroid dienone is 11. The third-order valence-electron chi connectivity index (χ3n) is 11.0. The summed E-state index contributed by atoms with van der Waals surface area (Å²) in [5.74, 6) is -0.204. The Balaban J connectivity index is 2.39. The molecule has 1 aliphatic heterocycles. The van der Waals surface area contributed by atoms with E-state index in [-0.39, 0.29) is 12.5 Å². The molecule has 0 bridgehead atoms. The summed E-state index contributed by atoms with van der Waals surface area (Å²) in [4.78, 5) is 13.0. The molecule has 9 heteroatoms. The van der Waals surface area contributed by atoms with E-state index >= 15 is 0 Å². The van der Waals surface area contributed by atoms with Gasteiger partial charge in [-0.3, -0.25) is 4.79 Å². The van der Waals surface area contributed by atoms with E-state index in [4.69, 9.17) is 9.47 Å². The second-order valence-corrected chi connectivity index (χ2v) is 16.5. The summed E-state index contributed by atoms with van der Waals surface area (Å²) in [6.07, 6.45) is 48.0. The first-order chi connectivity index (χ1) is 29.3. The van der Waals surface area contributed by atoms with Crippen molar-refractivity contribution in [2.45, 2.75) is 230 Å². The molecule has 0 saturated carbocycles. The fraction of sp³-hybridized carbons (Fsp3) is 0.745. The molecule has 1 fully saturated rings. The Hall–Kier alpha value is -2.37. The van der Waals surface area contributed by atoms with Crippen molar-refractivity contribution in [3.63, 3.8) is 0 Å². The molecule has 0 aromatic heterocycles. The van der Waals surface area contributed by atoms with Gasteiger partial charge in [0.25, 0.3) is 0 Å². The van der Waals surface area contributed by atoms with Gasteiger partial charge in [0.05, 0.1) is 25.4 Å². The Morgan fingerprint density at radius 3 is 1.60 bits per heavy atom. The van der Waals surface area contributed by atoms with Crippen LogP contribution >= 0.6 is 0 Å². The predicted octanol–water partition coefficient (Wildman–Crippen LogP) is 10.6. The smallest absolute Gasteiger partial charge is 0.220 e. The zero-order chi connectivity index (χ0) is 43.7. The molecule has 0 aromatic carbocycles. The van der Waals surface area contributed by atoms with E-state index in [1.165, 1.54) is 83.5 Å². The van der Waals surface area contributed by atoms with Crippen molar-refractivity contribution in [2.75, 3.05) is 13.2 Å². The highest BCUT2D eigenvalue weighted by atomic mass is 16.7. The Bertz CT molecular complexity index is 1160. The van der Waals surface area contributed by atoms with Crippen LogP contribution in [-0.2, 0) is 14.3 Å². The molecule has 0 aromatic rings.